The number of piperazine rings is 1. The number of hydrogen-bond acceptors (Lipinski definition) is 4. The number of carbonyl (C=O) groups excluding carboxylic acids is 1. The minimum Gasteiger partial charge on any atom is -0.340 e. The molecule has 0 aromatic heterocycles. The molecule has 1 aromatic carbocycles. The van der Waals surface area contributed by atoms with Crippen molar-refractivity contribution in [2.45, 2.75) is 31.6 Å². The van der Waals surface area contributed by atoms with Gasteiger partial charge in [0, 0.05) is 39.1 Å². The molecule has 0 aliphatic carbocycles. The van der Waals surface area contributed by atoms with Gasteiger partial charge in [0.25, 0.3) is 0 Å². The van der Waals surface area contributed by atoms with E-state index in [-0.39, 0.29) is 23.8 Å². The molecule has 1 amide bonds. The van der Waals surface area contributed by atoms with Gasteiger partial charge in [-0.2, -0.15) is 0 Å². The summed E-state index contributed by atoms with van der Waals surface area (Å²) in [7, 11) is -3.55. The predicted octanol–water partition coefficient (Wildman–Crippen LogP) is 1.08. The molecular formula is C17H27N3O3S. The largest absolute Gasteiger partial charge is 0.340 e. The standard InChI is InChI=1S/C17H27N3O3S/c1-3-15-5-7-16(8-6-15)24(22,23)18-10-9-17(21)20-13-11-19(4-2)12-14-20/h5-8,18H,3-4,9-14H2,1-2H3. The van der Waals surface area contributed by atoms with Crippen molar-refractivity contribution < 1.29 is 13.2 Å². The van der Waals surface area contributed by atoms with Crippen LogP contribution < -0.4 is 4.72 Å². The van der Waals surface area contributed by atoms with Crippen LogP contribution in [0.15, 0.2) is 29.2 Å². The lowest BCUT2D eigenvalue weighted by atomic mass is 10.2. The number of likely N-dealkylation sites (N-methyl/N-ethyl adjacent to an activating group) is 1. The highest BCUT2D eigenvalue weighted by Crippen LogP contribution is 2.11. The molecule has 0 saturated carbocycles. The van der Waals surface area contributed by atoms with Crippen molar-refractivity contribution in [3.05, 3.63) is 29.8 Å². The molecule has 2 rings (SSSR count). The monoisotopic (exact) mass is 353 g/mol. The van der Waals surface area contributed by atoms with E-state index in [9.17, 15) is 13.2 Å². The molecule has 1 saturated heterocycles. The van der Waals surface area contributed by atoms with E-state index < -0.39 is 10.0 Å². The minimum atomic E-state index is -3.55. The number of rotatable bonds is 7. The Morgan fingerprint density at radius 2 is 1.71 bits per heavy atom. The number of nitrogens with zero attached hydrogens (tertiary/aromatic N) is 2. The Morgan fingerprint density at radius 1 is 1.08 bits per heavy atom. The summed E-state index contributed by atoms with van der Waals surface area (Å²) < 4.78 is 27.0. The summed E-state index contributed by atoms with van der Waals surface area (Å²) in [5.74, 6) is 0.00906. The van der Waals surface area contributed by atoms with Crippen LogP contribution in [-0.2, 0) is 21.2 Å². The van der Waals surface area contributed by atoms with E-state index in [0.29, 0.717) is 0 Å². The second kappa shape index (κ2) is 8.60. The van der Waals surface area contributed by atoms with Crippen LogP contribution in [0.4, 0.5) is 0 Å². The second-order valence-electron chi connectivity index (χ2n) is 5.96. The van der Waals surface area contributed by atoms with Gasteiger partial charge in [0.1, 0.15) is 0 Å². The van der Waals surface area contributed by atoms with Gasteiger partial charge in [-0.15, -0.1) is 0 Å². The van der Waals surface area contributed by atoms with Crippen molar-refractivity contribution in [2.75, 3.05) is 39.3 Å². The average molecular weight is 353 g/mol. The molecule has 1 aliphatic heterocycles. The molecule has 1 N–H and O–H groups in total. The van der Waals surface area contributed by atoms with Crippen LogP contribution in [0.5, 0.6) is 0 Å². The molecule has 6 nitrogen and oxygen atoms in total. The number of aryl methyl sites for hydroxylation is 1. The Hall–Kier alpha value is -1.44. The van der Waals surface area contributed by atoms with Crippen molar-refractivity contribution in [1.82, 2.24) is 14.5 Å². The first-order valence-electron chi connectivity index (χ1n) is 8.55. The van der Waals surface area contributed by atoms with Crippen LogP contribution in [-0.4, -0.2) is 63.4 Å². The maximum Gasteiger partial charge on any atom is 0.240 e. The van der Waals surface area contributed by atoms with Gasteiger partial charge in [-0.25, -0.2) is 13.1 Å². The van der Waals surface area contributed by atoms with Gasteiger partial charge in [0.05, 0.1) is 4.90 Å². The van der Waals surface area contributed by atoms with E-state index in [1.807, 2.05) is 24.0 Å². The van der Waals surface area contributed by atoms with Crippen LogP contribution >= 0.6 is 0 Å². The highest BCUT2D eigenvalue weighted by Gasteiger charge is 2.20. The molecule has 0 atom stereocenters. The Balaban J connectivity index is 1.81. The Labute approximate surface area is 144 Å². The molecule has 0 unspecified atom stereocenters. The summed E-state index contributed by atoms with van der Waals surface area (Å²) in [5, 5.41) is 0. The smallest absolute Gasteiger partial charge is 0.240 e. The van der Waals surface area contributed by atoms with Crippen LogP contribution in [0.25, 0.3) is 0 Å². The third-order valence-corrected chi connectivity index (χ3v) is 5.92. The normalized spacial score (nSPS) is 16.3. The van der Waals surface area contributed by atoms with Gasteiger partial charge in [-0.05, 0) is 30.7 Å². The molecular weight excluding hydrogens is 326 g/mol. The topological polar surface area (TPSA) is 69.7 Å². The molecule has 0 spiro atoms. The number of hydrogen-bond donors (Lipinski definition) is 1. The number of nitrogens with one attached hydrogen (secondary N) is 1. The van der Waals surface area contributed by atoms with E-state index >= 15 is 0 Å². The molecule has 134 valence electrons. The third-order valence-electron chi connectivity index (χ3n) is 4.45. The zero-order chi connectivity index (χ0) is 17.6. The quantitative estimate of drug-likeness (QED) is 0.796. The predicted molar refractivity (Wildman–Crippen MR) is 94.3 cm³/mol. The fraction of sp³-hybridized carbons (Fsp3) is 0.588. The SMILES string of the molecule is CCc1ccc(S(=O)(=O)NCCC(=O)N2CCN(CC)CC2)cc1. The molecule has 1 aliphatic rings. The summed E-state index contributed by atoms with van der Waals surface area (Å²) in [6.07, 6.45) is 1.06. The van der Waals surface area contributed by atoms with Crippen LogP contribution in [0.1, 0.15) is 25.8 Å². The first-order chi connectivity index (χ1) is 11.5. The average Bonchev–Trinajstić information content (AvgIpc) is 2.61. The summed E-state index contributed by atoms with van der Waals surface area (Å²) in [5.41, 5.74) is 1.09. The van der Waals surface area contributed by atoms with Crippen molar-refractivity contribution in [3.63, 3.8) is 0 Å². The molecule has 24 heavy (non-hydrogen) atoms. The Kier molecular flexibility index (Phi) is 6.77. The molecule has 1 heterocycles. The van der Waals surface area contributed by atoms with E-state index in [1.54, 1.807) is 12.1 Å². The Bertz CT molecular complexity index is 636. The van der Waals surface area contributed by atoms with Gasteiger partial charge in [0.2, 0.25) is 15.9 Å². The maximum atomic E-state index is 12.2. The van der Waals surface area contributed by atoms with Gasteiger partial charge < -0.3 is 9.80 Å². The number of benzene rings is 1. The summed E-state index contributed by atoms with van der Waals surface area (Å²) in [6.45, 7) is 8.47. The summed E-state index contributed by atoms with van der Waals surface area (Å²) >= 11 is 0. The van der Waals surface area contributed by atoms with Crippen molar-refractivity contribution in [1.29, 1.82) is 0 Å². The number of amides is 1. The second-order valence-corrected chi connectivity index (χ2v) is 7.73. The first kappa shape index (κ1) is 18.9. The minimum absolute atomic E-state index is 0.00906. The highest BCUT2D eigenvalue weighted by molar-refractivity contribution is 7.89. The van der Waals surface area contributed by atoms with Gasteiger partial charge >= 0.3 is 0 Å². The number of carbonyl (C=O) groups is 1. The van der Waals surface area contributed by atoms with E-state index in [1.165, 1.54) is 0 Å². The van der Waals surface area contributed by atoms with Gasteiger partial charge in [-0.1, -0.05) is 26.0 Å². The fourth-order valence-corrected chi connectivity index (χ4v) is 3.78. The zero-order valence-electron chi connectivity index (χ0n) is 14.5. The molecule has 1 aromatic rings. The lowest BCUT2D eigenvalue weighted by Gasteiger charge is -2.34. The van der Waals surface area contributed by atoms with E-state index in [0.717, 1.165) is 44.7 Å². The highest BCUT2D eigenvalue weighted by atomic mass is 32.2. The lowest BCUT2D eigenvalue weighted by molar-refractivity contribution is -0.132. The summed E-state index contributed by atoms with van der Waals surface area (Å²) in [4.78, 5) is 16.5. The molecule has 1 fully saturated rings. The maximum absolute atomic E-state index is 12.2. The van der Waals surface area contributed by atoms with Crippen molar-refractivity contribution >= 4 is 15.9 Å². The van der Waals surface area contributed by atoms with Crippen LogP contribution in [0, 0.1) is 0 Å². The van der Waals surface area contributed by atoms with Crippen LogP contribution in [0.2, 0.25) is 0 Å². The molecule has 0 radical (unpaired) electrons. The lowest BCUT2D eigenvalue weighted by Crippen LogP contribution is -2.49. The third kappa shape index (κ3) is 5.03. The van der Waals surface area contributed by atoms with E-state index in [2.05, 4.69) is 16.5 Å². The van der Waals surface area contributed by atoms with Crippen molar-refractivity contribution in [3.8, 4) is 0 Å². The Morgan fingerprint density at radius 3 is 2.25 bits per heavy atom. The fourth-order valence-electron chi connectivity index (χ4n) is 2.75. The van der Waals surface area contributed by atoms with Crippen LogP contribution in [0.3, 0.4) is 0 Å². The zero-order valence-corrected chi connectivity index (χ0v) is 15.3. The molecule has 0 bridgehead atoms. The number of sulfonamides is 1. The first-order valence-corrected chi connectivity index (χ1v) is 10.0. The van der Waals surface area contributed by atoms with E-state index in [4.69, 9.17) is 0 Å². The van der Waals surface area contributed by atoms with Gasteiger partial charge in [0.15, 0.2) is 0 Å². The molecule has 7 heteroatoms. The van der Waals surface area contributed by atoms with Crippen molar-refractivity contribution in [2.24, 2.45) is 0 Å². The summed E-state index contributed by atoms with van der Waals surface area (Å²) in [6, 6.07) is 6.83. The van der Waals surface area contributed by atoms with Gasteiger partial charge in [-0.3, -0.25) is 4.79 Å².